The molecule has 0 aromatic carbocycles. The topological polar surface area (TPSA) is 88.1 Å². The van der Waals surface area contributed by atoms with E-state index in [0.29, 0.717) is 43.6 Å². The van der Waals surface area contributed by atoms with Crippen LogP contribution in [0, 0.1) is 0 Å². The van der Waals surface area contributed by atoms with E-state index >= 15 is 0 Å². The van der Waals surface area contributed by atoms with Crippen LogP contribution in [0.3, 0.4) is 0 Å². The summed E-state index contributed by atoms with van der Waals surface area (Å²) in [6.45, 7) is 7.26. The van der Waals surface area contributed by atoms with Gasteiger partial charge in [0.05, 0.1) is 6.20 Å². The maximum Gasteiger partial charge on any atom is 0.226 e. The fraction of sp³-hybridized carbons (Fsp3) is 0.667. The third-order valence-corrected chi connectivity index (χ3v) is 2.55. The summed E-state index contributed by atoms with van der Waals surface area (Å²) >= 11 is 0. The Morgan fingerprint density at radius 3 is 2.60 bits per heavy atom. The van der Waals surface area contributed by atoms with Crippen molar-refractivity contribution in [3.05, 3.63) is 23.6 Å². The van der Waals surface area contributed by atoms with Crippen molar-refractivity contribution in [1.29, 1.82) is 0 Å². The molecule has 8 nitrogen and oxygen atoms in total. The number of ether oxygens (including phenoxy) is 2. The minimum Gasteiger partial charge on any atom is -0.347 e. The molecule has 2 heterocycles. The van der Waals surface area contributed by atoms with Crippen molar-refractivity contribution in [2.45, 2.75) is 40.0 Å². The summed E-state index contributed by atoms with van der Waals surface area (Å²) in [7, 11) is 0. The molecule has 8 heteroatoms. The Bertz CT molecular complexity index is 519. The van der Waals surface area contributed by atoms with Crippen molar-refractivity contribution in [2.24, 2.45) is 0 Å². The van der Waals surface area contributed by atoms with Crippen LogP contribution in [0.15, 0.2) is 10.7 Å². The molecule has 2 aromatic heterocycles. The van der Waals surface area contributed by atoms with Crippen molar-refractivity contribution in [1.82, 2.24) is 25.1 Å². The normalized spacial score (nSPS) is 11.4. The van der Waals surface area contributed by atoms with E-state index in [-0.39, 0.29) is 0 Å². The van der Waals surface area contributed by atoms with Crippen molar-refractivity contribution in [3.63, 3.8) is 0 Å². The van der Waals surface area contributed by atoms with Crippen LogP contribution in [-0.2, 0) is 22.4 Å². The van der Waals surface area contributed by atoms with Crippen molar-refractivity contribution < 1.29 is 14.0 Å². The Morgan fingerprint density at radius 1 is 1.25 bits per heavy atom. The number of nitrogens with zero attached hydrogens (tertiary/aromatic N) is 5. The number of aryl methyl sites for hydroxylation is 1. The number of rotatable bonds is 8. The summed E-state index contributed by atoms with van der Waals surface area (Å²) < 4.78 is 17.6. The molecule has 0 saturated heterocycles. The van der Waals surface area contributed by atoms with Gasteiger partial charge in [-0.3, -0.25) is 0 Å². The highest BCUT2D eigenvalue weighted by molar-refractivity contribution is 4.96. The van der Waals surface area contributed by atoms with Gasteiger partial charge < -0.3 is 14.0 Å². The first kappa shape index (κ1) is 14.6. The maximum absolute atomic E-state index is 5.47. The molecule has 0 atom stereocenters. The lowest BCUT2D eigenvalue weighted by Gasteiger charge is -2.13. The first-order chi connectivity index (χ1) is 9.76. The lowest BCUT2D eigenvalue weighted by atomic mass is 10.4. The molecule has 0 spiro atoms. The third-order valence-electron chi connectivity index (χ3n) is 2.55. The smallest absolute Gasteiger partial charge is 0.226 e. The van der Waals surface area contributed by atoms with Gasteiger partial charge in [-0.1, -0.05) is 17.3 Å². The van der Waals surface area contributed by atoms with Crippen molar-refractivity contribution in [3.8, 4) is 0 Å². The number of aromatic nitrogens is 5. The van der Waals surface area contributed by atoms with Crippen LogP contribution in [0.2, 0.25) is 0 Å². The van der Waals surface area contributed by atoms with Gasteiger partial charge in [-0.2, -0.15) is 4.98 Å². The fourth-order valence-corrected chi connectivity index (χ4v) is 1.66. The Hall–Kier alpha value is -1.80. The van der Waals surface area contributed by atoms with Gasteiger partial charge in [0.15, 0.2) is 5.82 Å². The Labute approximate surface area is 117 Å². The third kappa shape index (κ3) is 3.61. The molecule has 0 aliphatic carbocycles. The van der Waals surface area contributed by atoms with Gasteiger partial charge in [0, 0.05) is 19.6 Å². The summed E-state index contributed by atoms with van der Waals surface area (Å²) in [4.78, 5) is 4.22. The molecule has 0 aliphatic heterocycles. The standard InChI is InChI=1S/C12H19N5O3/c1-4-11-13-10(15-20-11)8-17-7-9(14-16-17)12(18-5-2)19-6-3/h7,12H,4-6,8H2,1-3H3. The molecule has 20 heavy (non-hydrogen) atoms. The van der Waals surface area contributed by atoms with E-state index in [1.807, 2.05) is 20.8 Å². The monoisotopic (exact) mass is 281 g/mol. The molecule has 2 rings (SSSR count). The van der Waals surface area contributed by atoms with Gasteiger partial charge in [0.1, 0.15) is 12.2 Å². The first-order valence-corrected chi connectivity index (χ1v) is 6.71. The van der Waals surface area contributed by atoms with Gasteiger partial charge in [-0.15, -0.1) is 5.10 Å². The minimum absolute atomic E-state index is 0.404. The van der Waals surface area contributed by atoms with Crippen LogP contribution in [0.25, 0.3) is 0 Å². The molecule has 110 valence electrons. The summed E-state index contributed by atoms with van der Waals surface area (Å²) in [5.74, 6) is 1.18. The number of hydrogen-bond donors (Lipinski definition) is 0. The largest absolute Gasteiger partial charge is 0.347 e. The van der Waals surface area contributed by atoms with Crippen LogP contribution in [0.5, 0.6) is 0 Å². The summed E-state index contributed by atoms with van der Waals surface area (Å²) in [6, 6.07) is 0. The predicted octanol–water partition coefficient (Wildman–Crippen LogP) is 1.34. The first-order valence-electron chi connectivity index (χ1n) is 6.71. The summed E-state index contributed by atoms with van der Waals surface area (Å²) in [5.41, 5.74) is 0.632. The average Bonchev–Trinajstić information content (AvgIpc) is 3.08. The average molecular weight is 281 g/mol. The summed E-state index contributed by atoms with van der Waals surface area (Å²) in [6.07, 6.45) is 1.99. The molecule has 0 amide bonds. The highest BCUT2D eigenvalue weighted by atomic mass is 16.7. The minimum atomic E-state index is -0.491. The molecule has 0 N–H and O–H groups in total. The zero-order valence-corrected chi connectivity index (χ0v) is 11.9. The molecule has 0 bridgehead atoms. The van der Waals surface area contributed by atoms with E-state index in [1.165, 1.54) is 0 Å². The Balaban J connectivity index is 2.03. The zero-order valence-electron chi connectivity index (χ0n) is 11.9. The van der Waals surface area contributed by atoms with Crippen LogP contribution in [-0.4, -0.2) is 38.3 Å². The van der Waals surface area contributed by atoms with E-state index < -0.39 is 6.29 Å². The predicted molar refractivity (Wildman–Crippen MR) is 68.8 cm³/mol. The second-order valence-electron chi connectivity index (χ2n) is 4.04. The molecular weight excluding hydrogens is 262 g/mol. The van der Waals surface area contributed by atoms with Crippen LogP contribution in [0.1, 0.15) is 44.5 Å². The molecule has 0 radical (unpaired) electrons. The zero-order chi connectivity index (χ0) is 14.4. The van der Waals surface area contributed by atoms with Crippen molar-refractivity contribution in [2.75, 3.05) is 13.2 Å². The van der Waals surface area contributed by atoms with E-state index in [1.54, 1.807) is 10.9 Å². The van der Waals surface area contributed by atoms with Gasteiger partial charge in [-0.05, 0) is 13.8 Å². The molecule has 0 aliphatic rings. The Kier molecular flexibility index (Phi) is 5.19. The number of hydrogen-bond acceptors (Lipinski definition) is 7. The van der Waals surface area contributed by atoms with E-state index in [0.717, 1.165) is 0 Å². The second kappa shape index (κ2) is 7.11. The van der Waals surface area contributed by atoms with Crippen LogP contribution >= 0.6 is 0 Å². The fourth-order valence-electron chi connectivity index (χ4n) is 1.66. The summed E-state index contributed by atoms with van der Waals surface area (Å²) in [5, 5.41) is 11.9. The lowest BCUT2D eigenvalue weighted by Crippen LogP contribution is -2.09. The van der Waals surface area contributed by atoms with Gasteiger partial charge >= 0.3 is 0 Å². The maximum atomic E-state index is 5.47. The second-order valence-corrected chi connectivity index (χ2v) is 4.04. The molecule has 0 fully saturated rings. The van der Waals surface area contributed by atoms with E-state index in [4.69, 9.17) is 14.0 Å². The van der Waals surface area contributed by atoms with Crippen LogP contribution in [0.4, 0.5) is 0 Å². The van der Waals surface area contributed by atoms with Gasteiger partial charge in [0.25, 0.3) is 0 Å². The SMILES string of the molecule is CCOC(OCC)c1cn(Cc2noc(CC)n2)nn1. The quantitative estimate of drug-likeness (QED) is 0.674. The highest BCUT2D eigenvalue weighted by Crippen LogP contribution is 2.16. The molecular formula is C12H19N5O3. The van der Waals surface area contributed by atoms with Gasteiger partial charge in [0.2, 0.25) is 12.2 Å². The lowest BCUT2D eigenvalue weighted by molar-refractivity contribution is -0.142. The van der Waals surface area contributed by atoms with Crippen LogP contribution < -0.4 is 0 Å². The van der Waals surface area contributed by atoms with E-state index in [2.05, 4.69) is 20.5 Å². The highest BCUT2D eigenvalue weighted by Gasteiger charge is 2.16. The molecule has 0 unspecified atom stereocenters. The van der Waals surface area contributed by atoms with E-state index in [9.17, 15) is 0 Å². The Morgan fingerprint density at radius 2 is 2.00 bits per heavy atom. The molecule has 2 aromatic rings. The molecule has 0 saturated carbocycles. The van der Waals surface area contributed by atoms with Crippen molar-refractivity contribution >= 4 is 0 Å². The van der Waals surface area contributed by atoms with Gasteiger partial charge in [-0.25, -0.2) is 4.68 Å².